The minimum Gasteiger partial charge on any atom is -0.393 e. The molecule has 3 aliphatic carbocycles. The molecule has 13 heavy (non-hydrogen) atoms. The van der Waals surface area contributed by atoms with Crippen molar-refractivity contribution in [3.8, 4) is 0 Å². The van der Waals surface area contributed by atoms with Gasteiger partial charge in [0.05, 0.1) is 6.10 Å². The van der Waals surface area contributed by atoms with E-state index >= 15 is 0 Å². The quantitative estimate of drug-likeness (QED) is 0.648. The van der Waals surface area contributed by atoms with Crippen LogP contribution in [-0.2, 0) is 0 Å². The standard InChI is InChI=1S/C12H20O/c1-8(13)6-9-4-5-10-7-11(9)12(10,2)3/h4,8,10-11,13H,5-7H2,1-3H3/t8-,10+,11+/m1/s1. The summed E-state index contributed by atoms with van der Waals surface area (Å²) in [6, 6.07) is 0. The number of fused-ring (bicyclic) bond motifs is 1. The first kappa shape index (κ1) is 9.26. The predicted octanol–water partition coefficient (Wildman–Crippen LogP) is 2.75. The second kappa shape index (κ2) is 2.84. The summed E-state index contributed by atoms with van der Waals surface area (Å²) in [7, 11) is 0. The molecule has 3 atom stereocenters. The van der Waals surface area contributed by atoms with E-state index in [2.05, 4.69) is 19.9 Å². The Bertz CT molecular complexity index is 238. The number of hydrogen-bond acceptors (Lipinski definition) is 1. The van der Waals surface area contributed by atoms with E-state index in [0.29, 0.717) is 5.41 Å². The molecule has 0 spiro atoms. The minimum absolute atomic E-state index is 0.167. The Morgan fingerprint density at radius 2 is 2.31 bits per heavy atom. The monoisotopic (exact) mass is 180 g/mol. The van der Waals surface area contributed by atoms with Gasteiger partial charge in [-0.25, -0.2) is 0 Å². The zero-order chi connectivity index (χ0) is 9.64. The third-order valence-corrected chi connectivity index (χ3v) is 4.11. The Morgan fingerprint density at radius 1 is 1.62 bits per heavy atom. The Balaban J connectivity index is 2.10. The maximum Gasteiger partial charge on any atom is 0.0549 e. The van der Waals surface area contributed by atoms with Gasteiger partial charge in [-0.1, -0.05) is 25.5 Å². The number of allylic oxidation sites excluding steroid dienone is 1. The second-order valence-electron chi connectivity index (χ2n) is 5.37. The molecule has 0 aromatic heterocycles. The molecule has 1 heteroatoms. The van der Waals surface area contributed by atoms with Crippen LogP contribution in [0.5, 0.6) is 0 Å². The van der Waals surface area contributed by atoms with Gasteiger partial charge in [0.25, 0.3) is 0 Å². The molecule has 0 radical (unpaired) electrons. The molecule has 74 valence electrons. The van der Waals surface area contributed by atoms with E-state index in [1.54, 1.807) is 0 Å². The highest BCUT2D eigenvalue weighted by atomic mass is 16.3. The lowest BCUT2D eigenvalue weighted by molar-refractivity contribution is -0.0116. The summed E-state index contributed by atoms with van der Waals surface area (Å²) in [6.07, 6.45) is 5.70. The van der Waals surface area contributed by atoms with Gasteiger partial charge in [0.1, 0.15) is 0 Å². The molecule has 0 unspecified atom stereocenters. The van der Waals surface area contributed by atoms with Gasteiger partial charge in [-0.15, -0.1) is 0 Å². The van der Waals surface area contributed by atoms with E-state index in [1.807, 2.05) is 6.92 Å². The normalized spacial score (nSPS) is 37.7. The molecule has 0 aromatic rings. The third kappa shape index (κ3) is 1.34. The average molecular weight is 180 g/mol. The van der Waals surface area contributed by atoms with E-state index in [0.717, 1.165) is 18.3 Å². The molecule has 1 fully saturated rings. The predicted molar refractivity (Wildman–Crippen MR) is 54.4 cm³/mol. The highest BCUT2D eigenvalue weighted by Crippen LogP contribution is 2.59. The van der Waals surface area contributed by atoms with Gasteiger partial charge in [-0.2, -0.15) is 0 Å². The summed E-state index contributed by atoms with van der Waals surface area (Å²) >= 11 is 0. The largest absolute Gasteiger partial charge is 0.393 e. The van der Waals surface area contributed by atoms with Crippen molar-refractivity contribution in [1.82, 2.24) is 0 Å². The van der Waals surface area contributed by atoms with Crippen LogP contribution in [0.15, 0.2) is 11.6 Å². The molecule has 3 aliphatic rings. The van der Waals surface area contributed by atoms with Crippen LogP contribution in [0.4, 0.5) is 0 Å². The van der Waals surface area contributed by atoms with E-state index in [4.69, 9.17) is 0 Å². The minimum atomic E-state index is -0.167. The van der Waals surface area contributed by atoms with Gasteiger partial charge in [0, 0.05) is 0 Å². The Morgan fingerprint density at radius 3 is 2.77 bits per heavy atom. The third-order valence-electron chi connectivity index (χ3n) is 4.11. The van der Waals surface area contributed by atoms with Gasteiger partial charge in [0.2, 0.25) is 0 Å². The Hall–Kier alpha value is -0.300. The van der Waals surface area contributed by atoms with E-state index in [-0.39, 0.29) is 6.10 Å². The topological polar surface area (TPSA) is 20.2 Å². The SMILES string of the molecule is C[C@@H](O)CC1=CC[C@H]2C[C@@H]1C2(C)C. The summed E-state index contributed by atoms with van der Waals surface area (Å²) in [5.41, 5.74) is 2.03. The molecule has 3 rings (SSSR count). The number of aliphatic hydroxyl groups excluding tert-OH is 1. The zero-order valence-corrected chi connectivity index (χ0v) is 8.88. The smallest absolute Gasteiger partial charge is 0.0549 e. The van der Waals surface area contributed by atoms with E-state index in [9.17, 15) is 5.11 Å². The molecule has 0 heterocycles. The van der Waals surface area contributed by atoms with Crippen molar-refractivity contribution in [3.05, 3.63) is 11.6 Å². The van der Waals surface area contributed by atoms with Crippen LogP contribution in [0.2, 0.25) is 0 Å². The Kier molecular flexibility index (Phi) is 2.03. The maximum atomic E-state index is 9.37. The highest BCUT2D eigenvalue weighted by molar-refractivity contribution is 5.23. The van der Waals surface area contributed by atoms with Crippen molar-refractivity contribution >= 4 is 0 Å². The van der Waals surface area contributed by atoms with Gasteiger partial charge in [-0.05, 0) is 43.4 Å². The molecule has 1 N–H and O–H groups in total. The van der Waals surface area contributed by atoms with Crippen LogP contribution in [0.1, 0.15) is 40.0 Å². The van der Waals surface area contributed by atoms with Crippen molar-refractivity contribution in [1.29, 1.82) is 0 Å². The molecular formula is C12H20O. The average Bonchev–Trinajstić information content (AvgIpc) is 2.03. The van der Waals surface area contributed by atoms with Crippen molar-refractivity contribution < 1.29 is 5.11 Å². The lowest BCUT2D eigenvalue weighted by Crippen LogP contribution is -2.48. The number of hydrogen-bond donors (Lipinski definition) is 1. The molecule has 0 saturated heterocycles. The summed E-state index contributed by atoms with van der Waals surface area (Å²) < 4.78 is 0. The van der Waals surface area contributed by atoms with Crippen LogP contribution in [0.25, 0.3) is 0 Å². The van der Waals surface area contributed by atoms with Crippen molar-refractivity contribution in [2.24, 2.45) is 17.3 Å². The second-order valence-corrected chi connectivity index (χ2v) is 5.37. The molecule has 1 saturated carbocycles. The summed E-state index contributed by atoms with van der Waals surface area (Å²) in [4.78, 5) is 0. The lowest BCUT2D eigenvalue weighted by Gasteiger charge is -2.56. The van der Waals surface area contributed by atoms with Crippen molar-refractivity contribution in [3.63, 3.8) is 0 Å². The first-order valence-corrected chi connectivity index (χ1v) is 5.39. The number of rotatable bonds is 2. The fourth-order valence-corrected chi connectivity index (χ4v) is 3.05. The fraction of sp³-hybridized carbons (Fsp3) is 0.833. The molecule has 2 bridgehead atoms. The van der Waals surface area contributed by atoms with Gasteiger partial charge in [0.15, 0.2) is 0 Å². The molecular weight excluding hydrogens is 160 g/mol. The van der Waals surface area contributed by atoms with Gasteiger partial charge in [-0.3, -0.25) is 0 Å². The molecule has 0 aliphatic heterocycles. The summed E-state index contributed by atoms with van der Waals surface area (Å²) in [5.74, 6) is 1.68. The van der Waals surface area contributed by atoms with Crippen molar-refractivity contribution in [2.75, 3.05) is 0 Å². The van der Waals surface area contributed by atoms with Gasteiger partial charge < -0.3 is 5.11 Å². The van der Waals surface area contributed by atoms with Crippen molar-refractivity contribution in [2.45, 2.75) is 46.1 Å². The van der Waals surface area contributed by atoms with Crippen LogP contribution in [0.3, 0.4) is 0 Å². The van der Waals surface area contributed by atoms with Crippen LogP contribution < -0.4 is 0 Å². The lowest BCUT2D eigenvalue weighted by atomic mass is 9.48. The highest BCUT2D eigenvalue weighted by Gasteiger charge is 2.50. The van der Waals surface area contributed by atoms with Gasteiger partial charge >= 0.3 is 0 Å². The van der Waals surface area contributed by atoms with Crippen LogP contribution >= 0.6 is 0 Å². The zero-order valence-electron chi connectivity index (χ0n) is 8.88. The number of aliphatic hydroxyl groups is 1. The molecule has 0 aromatic carbocycles. The first-order valence-electron chi connectivity index (χ1n) is 5.39. The maximum absolute atomic E-state index is 9.37. The summed E-state index contributed by atoms with van der Waals surface area (Å²) in [5, 5.41) is 9.37. The fourth-order valence-electron chi connectivity index (χ4n) is 3.05. The Labute approximate surface area is 80.8 Å². The van der Waals surface area contributed by atoms with Crippen LogP contribution in [0, 0.1) is 17.3 Å². The van der Waals surface area contributed by atoms with Crippen LogP contribution in [-0.4, -0.2) is 11.2 Å². The summed E-state index contributed by atoms with van der Waals surface area (Å²) in [6.45, 7) is 6.64. The molecule has 1 nitrogen and oxygen atoms in total. The van der Waals surface area contributed by atoms with E-state index in [1.165, 1.54) is 18.4 Å². The molecule has 0 amide bonds. The first-order chi connectivity index (χ1) is 6.01. The van der Waals surface area contributed by atoms with E-state index < -0.39 is 0 Å².